The van der Waals surface area contributed by atoms with Crippen LogP contribution < -0.4 is 0 Å². The molecule has 166 valence electrons. The minimum absolute atomic E-state index is 0.00662. The third-order valence-electron chi connectivity index (χ3n) is 6.97. The van der Waals surface area contributed by atoms with Crippen molar-refractivity contribution in [2.45, 2.75) is 43.2 Å². The van der Waals surface area contributed by atoms with Crippen molar-refractivity contribution in [2.75, 3.05) is 39.4 Å². The second-order valence-corrected chi connectivity index (χ2v) is 9.52. The highest BCUT2D eigenvalue weighted by Crippen LogP contribution is 2.47. The lowest BCUT2D eigenvalue weighted by Crippen LogP contribution is -2.41. The number of fused-ring (bicyclic) bond motifs is 1. The molecule has 0 radical (unpaired) electrons. The Morgan fingerprint density at radius 2 is 1.81 bits per heavy atom. The molecule has 1 aromatic carbocycles. The summed E-state index contributed by atoms with van der Waals surface area (Å²) in [6.07, 6.45) is 2.78. The van der Waals surface area contributed by atoms with Gasteiger partial charge in [-0.25, -0.2) is 0 Å². The second-order valence-electron chi connectivity index (χ2n) is 8.90. The van der Waals surface area contributed by atoms with Gasteiger partial charge in [0.05, 0.1) is 30.7 Å². The monoisotopic (exact) mass is 444 g/mol. The lowest BCUT2D eigenvalue weighted by Gasteiger charge is -2.37. The zero-order chi connectivity index (χ0) is 21.4. The van der Waals surface area contributed by atoms with Gasteiger partial charge in [-0.3, -0.25) is 14.5 Å². The predicted molar refractivity (Wildman–Crippen MR) is 117 cm³/mol. The van der Waals surface area contributed by atoms with Crippen molar-refractivity contribution in [2.24, 2.45) is 5.92 Å². The number of carbonyl (C=O) groups excluding carboxylic acids is 2. The Labute approximate surface area is 188 Å². The maximum atomic E-state index is 13.6. The molecule has 1 aromatic rings. The topological polar surface area (TPSA) is 59.1 Å². The zero-order valence-electron chi connectivity index (χ0n) is 17.7. The van der Waals surface area contributed by atoms with Crippen molar-refractivity contribution in [3.63, 3.8) is 0 Å². The lowest BCUT2D eigenvalue weighted by molar-refractivity contribution is -0.135. The van der Waals surface area contributed by atoms with Crippen LogP contribution in [0.5, 0.6) is 0 Å². The van der Waals surface area contributed by atoms with Crippen LogP contribution in [-0.2, 0) is 19.1 Å². The van der Waals surface area contributed by atoms with Crippen LogP contribution >= 0.6 is 11.6 Å². The molecule has 6 nitrogen and oxygen atoms in total. The quantitative estimate of drug-likeness (QED) is 0.653. The minimum atomic E-state index is -0.377. The highest BCUT2D eigenvalue weighted by molar-refractivity contribution is 6.21. The first-order chi connectivity index (χ1) is 15.1. The fourth-order valence-corrected chi connectivity index (χ4v) is 5.68. The van der Waals surface area contributed by atoms with Gasteiger partial charge in [0.1, 0.15) is 6.10 Å². The average molecular weight is 445 g/mol. The van der Waals surface area contributed by atoms with E-state index in [0.717, 1.165) is 57.7 Å². The molecule has 0 N–H and O–H groups in total. The predicted octanol–water partition coefficient (Wildman–Crippen LogP) is 2.92. The van der Waals surface area contributed by atoms with Crippen molar-refractivity contribution in [1.82, 2.24) is 9.80 Å². The second kappa shape index (κ2) is 8.93. The Morgan fingerprint density at radius 3 is 2.58 bits per heavy atom. The molecule has 4 atom stereocenters. The number of hydrogen-bond acceptors (Lipinski definition) is 5. The van der Waals surface area contributed by atoms with E-state index in [1.165, 1.54) is 0 Å². The van der Waals surface area contributed by atoms with E-state index < -0.39 is 0 Å². The third kappa shape index (κ3) is 4.01. The lowest BCUT2D eigenvalue weighted by atomic mass is 9.77. The summed E-state index contributed by atoms with van der Waals surface area (Å²) in [6.45, 7) is 4.88. The fraction of sp³-hybridized carbons (Fsp3) is 0.583. The van der Waals surface area contributed by atoms with Crippen LogP contribution in [0, 0.1) is 5.92 Å². The molecule has 3 heterocycles. The van der Waals surface area contributed by atoms with Gasteiger partial charge in [-0.1, -0.05) is 30.3 Å². The van der Waals surface area contributed by atoms with Gasteiger partial charge >= 0.3 is 0 Å². The summed E-state index contributed by atoms with van der Waals surface area (Å²) >= 11 is 6.38. The van der Waals surface area contributed by atoms with Crippen LogP contribution in [0.4, 0.5) is 0 Å². The van der Waals surface area contributed by atoms with Crippen LogP contribution in [0.1, 0.15) is 37.3 Å². The first-order valence-electron chi connectivity index (χ1n) is 11.4. The molecule has 1 saturated heterocycles. The molecular weight excluding hydrogens is 416 g/mol. The van der Waals surface area contributed by atoms with E-state index in [4.69, 9.17) is 21.1 Å². The number of halogens is 1. The molecule has 4 unspecified atom stereocenters. The minimum Gasteiger partial charge on any atom is -0.483 e. The van der Waals surface area contributed by atoms with Crippen molar-refractivity contribution >= 4 is 23.3 Å². The highest BCUT2D eigenvalue weighted by atomic mass is 35.5. The summed E-state index contributed by atoms with van der Waals surface area (Å²) in [5, 5.41) is -0.00662. The summed E-state index contributed by atoms with van der Waals surface area (Å²) in [6, 6.07) is 9.47. The largest absolute Gasteiger partial charge is 0.483 e. The first-order valence-corrected chi connectivity index (χ1v) is 11.8. The van der Waals surface area contributed by atoms with Crippen LogP contribution in [0.3, 0.4) is 0 Å². The average Bonchev–Trinajstić information content (AvgIpc) is 3.08. The maximum absolute atomic E-state index is 13.6. The van der Waals surface area contributed by atoms with Crippen molar-refractivity contribution in [3.8, 4) is 0 Å². The molecule has 1 saturated carbocycles. The fourth-order valence-electron chi connectivity index (χ4n) is 5.36. The van der Waals surface area contributed by atoms with Gasteiger partial charge in [0, 0.05) is 31.6 Å². The summed E-state index contributed by atoms with van der Waals surface area (Å²) in [5.74, 6) is -0.0677. The Balaban J connectivity index is 1.40. The van der Waals surface area contributed by atoms with Gasteiger partial charge in [0.15, 0.2) is 11.5 Å². The van der Waals surface area contributed by atoms with Gasteiger partial charge in [0.25, 0.3) is 5.91 Å². The first kappa shape index (κ1) is 21.0. The molecule has 0 spiro atoms. The van der Waals surface area contributed by atoms with E-state index in [1.54, 1.807) is 0 Å². The van der Waals surface area contributed by atoms with Gasteiger partial charge < -0.3 is 14.4 Å². The van der Waals surface area contributed by atoms with E-state index in [2.05, 4.69) is 4.90 Å². The van der Waals surface area contributed by atoms with E-state index in [-0.39, 0.29) is 40.9 Å². The molecule has 7 heteroatoms. The van der Waals surface area contributed by atoms with Gasteiger partial charge in [-0.15, -0.1) is 11.6 Å². The number of amides is 1. The van der Waals surface area contributed by atoms with Gasteiger partial charge in [-0.2, -0.15) is 0 Å². The van der Waals surface area contributed by atoms with Crippen molar-refractivity contribution < 1.29 is 19.1 Å². The van der Waals surface area contributed by atoms with Crippen LogP contribution in [0.2, 0.25) is 0 Å². The number of benzene rings is 1. The Kier molecular flexibility index (Phi) is 6.04. The van der Waals surface area contributed by atoms with Crippen LogP contribution in [0.25, 0.3) is 0 Å². The molecule has 2 fully saturated rings. The van der Waals surface area contributed by atoms with Crippen LogP contribution in [-0.4, -0.2) is 72.4 Å². The van der Waals surface area contributed by atoms with E-state index in [0.29, 0.717) is 18.5 Å². The summed E-state index contributed by atoms with van der Waals surface area (Å²) in [7, 11) is 0. The van der Waals surface area contributed by atoms with Crippen LogP contribution in [0.15, 0.2) is 41.7 Å². The number of nitrogens with zero attached hydrogens (tertiary/aromatic N) is 2. The maximum Gasteiger partial charge on any atom is 0.290 e. The standard InChI is InChI=1S/C24H29ClN2O4/c25-17-7-8-19-18(15-17)22(28)20-21(16-5-2-1-3-6-16)27(24(29)23(20)31-19)10-4-9-26-11-13-30-14-12-26/h1-3,5-6,17-19,21H,4,7-15H2. The number of carbonyl (C=O) groups is 2. The normalized spacial score (nSPS) is 31.5. The Bertz CT molecular complexity index is 868. The third-order valence-corrected chi connectivity index (χ3v) is 7.37. The van der Waals surface area contributed by atoms with Gasteiger partial charge in [-0.05, 0) is 31.2 Å². The smallest absolute Gasteiger partial charge is 0.290 e. The summed E-state index contributed by atoms with van der Waals surface area (Å²) in [4.78, 5) is 31.2. The molecule has 1 amide bonds. The molecule has 0 bridgehead atoms. The molecule has 3 aliphatic heterocycles. The molecule has 4 aliphatic rings. The Morgan fingerprint density at radius 1 is 1.03 bits per heavy atom. The number of rotatable bonds is 5. The van der Waals surface area contributed by atoms with Gasteiger partial charge in [0.2, 0.25) is 0 Å². The van der Waals surface area contributed by atoms with Crippen molar-refractivity contribution in [3.05, 3.63) is 47.2 Å². The summed E-state index contributed by atoms with van der Waals surface area (Å²) < 4.78 is 11.6. The number of ketones is 1. The zero-order valence-corrected chi connectivity index (χ0v) is 18.4. The number of ether oxygens (including phenoxy) is 2. The molecule has 31 heavy (non-hydrogen) atoms. The molecule has 1 aliphatic carbocycles. The number of alkyl halides is 1. The van der Waals surface area contributed by atoms with E-state index in [1.807, 2.05) is 35.2 Å². The molecular formula is C24H29ClN2O4. The Hall–Kier alpha value is -1.89. The van der Waals surface area contributed by atoms with E-state index >= 15 is 0 Å². The molecule has 0 aromatic heterocycles. The van der Waals surface area contributed by atoms with Crippen molar-refractivity contribution in [1.29, 1.82) is 0 Å². The SMILES string of the molecule is O=C1C2=C(OC3CCC(Cl)CC13)C(=O)N(CCCN1CCOCC1)C2c1ccccc1. The highest BCUT2D eigenvalue weighted by Gasteiger charge is 2.52. The number of morpholine rings is 1. The van der Waals surface area contributed by atoms with E-state index in [9.17, 15) is 9.59 Å². The number of Topliss-reactive ketones (excluding diaryl/α,β-unsaturated/α-hetero) is 1. The molecule has 5 rings (SSSR count). The number of hydrogen-bond donors (Lipinski definition) is 0. The summed E-state index contributed by atoms with van der Waals surface area (Å²) in [5.41, 5.74) is 1.50.